The molecule has 1 saturated heterocycles. The quantitative estimate of drug-likeness (QED) is 0.402. The Morgan fingerprint density at radius 1 is 1.15 bits per heavy atom. The van der Waals surface area contributed by atoms with Crippen LogP contribution >= 0.6 is 0 Å². The number of hydrogen-bond donors (Lipinski definition) is 3. The van der Waals surface area contributed by atoms with Crippen LogP contribution in [0, 0.1) is 11.7 Å². The monoisotopic (exact) mass is 554 g/mol. The summed E-state index contributed by atoms with van der Waals surface area (Å²) in [4.78, 5) is 39.7. The van der Waals surface area contributed by atoms with E-state index in [1.807, 2.05) is 0 Å². The molecule has 4 N–H and O–H groups in total. The molecule has 0 bridgehead atoms. The maximum Gasteiger partial charge on any atom is 0.269 e. The second-order valence-corrected chi connectivity index (χ2v) is 10.9. The van der Waals surface area contributed by atoms with Crippen LogP contribution in [0.2, 0.25) is 0 Å². The predicted molar refractivity (Wildman–Crippen MR) is 140 cm³/mol. The third kappa shape index (κ3) is 7.80. The van der Waals surface area contributed by atoms with E-state index in [-0.39, 0.29) is 55.4 Å². The standard InChI is InChI=1S/C28H38F4N4O3/c1-4-22(37)35-24(27(39)36-13-9-18(10-14-36)25(30)31)16(2)19-5-6-21(20(29)15-19)34-26(38)23(33)17-7-11-28(3,32)12-8-17/h5-6,15-17,23-24H,4,7-14,33H2,1-3H3,(H,34,38)(H,35,37)/t16-,17?,23-,24+,28?/m0/s1. The molecular weight excluding hydrogens is 516 g/mol. The fraction of sp³-hybridized carbons (Fsp3) is 0.607. The van der Waals surface area contributed by atoms with Crippen LogP contribution in [-0.2, 0) is 14.4 Å². The Morgan fingerprint density at radius 2 is 1.77 bits per heavy atom. The maximum absolute atomic E-state index is 15.1. The lowest BCUT2D eigenvalue weighted by Gasteiger charge is -2.34. The number of nitrogens with one attached hydrogen (secondary N) is 2. The molecule has 3 amide bonds. The van der Waals surface area contributed by atoms with Crippen molar-refractivity contribution in [1.82, 2.24) is 10.2 Å². The minimum absolute atomic E-state index is 0.0186. The summed E-state index contributed by atoms with van der Waals surface area (Å²) in [6, 6.07) is 2.18. The summed E-state index contributed by atoms with van der Waals surface area (Å²) in [5.74, 6) is -2.95. The molecule has 1 aliphatic heterocycles. The van der Waals surface area contributed by atoms with E-state index in [0.29, 0.717) is 31.2 Å². The molecule has 3 atom stereocenters. The van der Waals surface area contributed by atoms with Gasteiger partial charge in [0.1, 0.15) is 17.5 Å². The molecule has 3 rings (SSSR count). The fourth-order valence-corrected chi connectivity index (χ4v) is 5.20. The van der Waals surface area contributed by atoms with Crippen molar-refractivity contribution >= 4 is 23.4 Å². The van der Waals surface area contributed by atoms with Gasteiger partial charge in [-0.25, -0.2) is 8.78 Å². The van der Waals surface area contributed by atoms with E-state index in [9.17, 15) is 27.6 Å². The first-order valence-corrected chi connectivity index (χ1v) is 13.5. The van der Waals surface area contributed by atoms with Crippen molar-refractivity contribution in [3.63, 3.8) is 0 Å². The third-order valence-corrected chi connectivity index (χ3v) is 8.01. The second-order valence-electron chi connectivity index (χ2n) is 10.9. The van der Waals surface area contributed by atoms with E-state index in [2.05, 4.69) is 10.6 Å². The number of nitrogens with two attached hydrogens (primary N) is 1. The summed E-state index contributed by atoms with van der Waals surface area (Å²) in [6.07, 6.45) is 0.0733. The molecule has 2 aliphatic rings. The highest BCUT2D eigenvalue weighted by Crippen LogP contribution is 2.36. The summed E-state index contributed by atoms with van der Waals surface area (Å²) in [6.45, 7) is 5.03. The van der Waals surface area contributed by atoms with Crippen LogP contribution in [0.1, 0.15) is 77.2 Å². The van der Waals surface area contributed by atoms with Crippen molar-refractivity contribution in [2.75, 3.05) is 18.4 Å². The Morgan fingerprint density at radius 3 is 2.31 bits per heavy atom. The minimum atomic E-state index is -1.73. The van der Waals surface area contributed by atoms with Crippen LogP contribution in [0.3, 0.4) is 0 Å². The van der Waals surface area contributed by atoms with Crippen molar-refractivity contribution in [1.29, 1.82) is 0 Å². The summed E-state index contributed by atoms with van der Waals surface area (Å²) >= 11 is 0. The molecule has 1 saturated carbocycles. The average molecular weight is 555 g/mol. The molecule has 0 aromatic heterocycles. The van der Waals surface area contributed by atoms with Gasteiger partial charge in [0.15, 0.2) is 0 Å². The Labute approximate surface area is 226 Å². The second kappa shape index (κ2) is 12.9. The van der Waals surface area contributed by atoms with E-state index in [1.165, 1.54) is 24.0 Å². The largest absolute Gasteiger partial charge is 0.344 e. The number of alkyl halides is 1. The number of halogens is 4. The lowest BCUT2D eigenvalue weighted by atomic mass is 9.77. The van der Waals surface area contributed by atoms with Gasteiger partial charge in [-0.1, -0.05) is 19.9 Å². The number of hydrogen-bond acceptors (Lipinski definition) is 4. The zero-order valence-corrected chi connectivity index (χ0v) is 22.7. The van der Waals surface area contributed by atoms with Crippen molar-refractivity contribution < 1.29 is 31.9 Å². The molecule has 1 heterocycles. The van der Waals surface area contributed by atoms with Crippen LogP contribution in [0.25, 0.3) is 0 Å². The molecule has 1 aromatic rings. The van der Waals surface area contributed by atoms with E-state index >= 15 is 4.39 Å². The molecule has 1 aromatic carbocycles. The summed E-state index contributed by atoms with van der Waals surface area (Å²) in [7, 11) is 0. The van der Waals surface area contributed by atoms with Crippen molar-refractivity contribution in [3.05, 3.63) is 41.2 Å². The number of nitrogens with zero attached hydrogens (tertiary/aromatic N) is 1. The predicted octanol–water partition coefficient (Wildman–Crippen LogP) is 4.78. The van der Waals surface area contributed by atoms with Crippen molar-refractivity contribution in [2.24, 2.45) is 11.7 Å². The Hall–Kier alpha value is -2.95. The highest BCUT2D eigenvalue weighted by atomic mass is 19.3. The van der Waals surface area contributed by atoms with E-state index in [1.54, 1.807) is 19.9 Å². The zero-order valence-electron chi connectivity index (χ0n) is 22.7. The first-order valence-electron chi connectivity index (χ1n) is 13.5. The SMILES string of the molecule is CCC(=O)N[C@@H](C(=O)N1CCC(=C(F)F)CC1)[C@@H](C)c1ccc(NC(=O)[C@@H](N)C2CCC(C)(F)CC2)c(F)c1. The highest BCUT2D eigenvalue weighted by Gasteiger charge is 2.36. The summed E-state index contributed by atoms with van der Waals surface area (Å²) < 4.78 is 55.0. The number of amides is 3. The molecule has 0 unspecified atom stereocenters. The van der Waals surface area contributed by atoms with Gasteiger partial charge in [0, 0.05) is 25.4 Å². The molecule has 0 spiro atoms. The maximum atomic E-state index is 15.1. The molecule has 39 heavy (non-hydrogen) atoms. The number of piperidine rings is 1. The third-order valence-electron chi connectivity index (χ3n) is 8.01. The first-order chi connectivity index (χ1) is 18.3. The van der Waals surface area contributed by atoms with Gasteiger partial charge in [-0.15, -0.1) is 0 Å². The number of likely N-dealkylation sites (tertiary alicyclic amines) is 1. The number of anilines is 1. The molecular formula is C28H38F4N4O3. The lowest BCUT2D eigenvalue weighted by molar-refractivity contribution is -0.137. The van der Waals surface area contributed by atoms with Gasteiger partial charge in [-0.2, -0.15) is 8.78 Å². The lowest BCUT2D eigenvalue weighted by Crippen LogP contribution is -2.52. The van der Waals surface area contributed by atoms with Gasteiger partial charge < -0.3 is 21.3 Å². The first kappa shape index (κ1) is 30.6. The molecule has 11 heteroatoms. The van der Waals surface area contributed by atoms with E-state index < -0.39 is 47.4 Å². The number of carbonyl (C=O) groups excluding carboxylic acids is 3. The van der Waals surface area contributed by atoms with Crippen molar-refractivity contribution in [2.45, 2.75) is 89.4 Å². The molecule has 0 radical (unpaired) electrons. The molecule has 2 fully saturated rings. The Balaban J connectivity index is 1.71. The van der Waals surface area contributed by atoms with E-state index in [4.69, 9.17) is 5.73 Å². The van der Waals surface area contributed by atoms with Crippen LogP contribution in [-0.4, -0.2) is 53.5 Å². The highest BCUT2D eigenvalue weighted by molar-refractivity contribution is 5.95. The molecule has 7 nitrogen and oxygen atoms in total. The molecule has 1 aliphatic carbocycles. The van der Waals surface area contributed by atoms with Gasteiger partial charge >= 0.3 is 0 Å². The van der Waals surface area contributed by atoms with Crippen molar-refractivity contribution in [3.8, 4) is 0 Å². The Bertz CT molecular complexity index is 1090. The van der Waals surface area contributed by atoms with E-state index in [0.717, 1.165) is 0 Å². The normalized spacial score (nSPS) is 23.9. The summed E-state index contributed by atoms with van der Waals surface area (Å²) in [5.41, 5.74) is 5.18. The fourth-order valence-electron chi connectivity index (χ4n) is 5.20. The smallest absolute Gasteiger partial charge is 0.269 e. The zero-order chi connectivity index (χ0) is 28.9. The van der Waals surface area contributed by atoms with Crippen LogP contribution in [0.5, 0.6) is 0 Å². The van der Waals surface area contributed by atoms with Crippen LogP contribution < -0.4 is 16.4 Å². The van der Waals surface area contributed by atoms with Gasteiger partial charge in [0.05, 0.1) is 11.7 Å². The Kier molecular flexibility index (Phi) is 10.1. The van der Waals surface area contributed by atoms with Crippen LogP contribution in [0.15, 0.2) is 29.9 Å². The number of carbonyl (C=O) groups is 3. The number of benzene rings is 1. The van der Waals surface area contributed by atoms with Gasteiger partial charge in [-0.05, 0) is 74.6 Å². The molecule has 216 valence electrons. The summed E-state index contributed by atoms with van der Waals surface area (Å²) in [5, 5.41) is 5.20. The number of rotatable bonds is 8. The van der Waals surface area contributed by atoms with Crippen LogP contribution in [0.4, 0.5) is 23.2 Å². The topological polar surface area (TPSA) is 105 Å². The van der Waals surface area contributed by atoms with Gasteiger partial charge in [0.2, 0.25) is 17.7 Å². The van der Waals surface area contributed by atoms with Gasteiger partial charge in [0.25, 0.3) is 6.08 Å². The van der Waals surface area contributed by atoms with Gasteiger partial charge in [-0.3, -0.25) is 14.4 Å². The minimum Gasteiger partial charge on any atom is -0.344 e. The average Bonchev–Trinajstić information content (AvgIpc) is 2.91.